The fraction of sp³-hybridized carbons (Fsp3) is 0.190. The molecule has 3 aromatic rings. The average molecular weight is 526 g/mol. The van der Waals surface area contributed by atoms with Crippen LogP contribution in [0.25, 0.3) is 28.2 Å². The molecular formula is C21H17Cl2N3O5S2. The minimum Gasteiger partial charge on any atom is -0.456 e. The number of hydrogen-bond acceptors (Lipinski definition) is 7. The van der Waals surface area contributed by atoms with Crippen LogP contribution in [-0.2, 0) is 14.8 Å². The van der Waals surface area contributed by atoms with Gasteiger partial charge in [0.1, 0.15) is 16.2 Å². The summed E-state index contributed by atoms with van der Waals surface area (Å²) in [5, 5.41) is 2.24. The lowest BCUT2D eigenvalue weighted by Gasteiger charge is -2.21. The lowest BCUT2D eigenvalue weighted by Crippen LogP contribution is -2.40. The van der Waals surface area contributed by atoms with E-state index in [0.717, 1.165) is 11.8 Å². The lowest BCUT2D eigenvalue weighted by atomic mass is 10.1. The Morgan fingerprint density at radius 3 is 2.36 bits per heavy atom. The Kier molecular flexibility index (Phi) is 6.08. The standard InChI is InChI=1S/C21H17Cl2N3O5S2/c1-21(2,3)26-33(29,30)18-14(22)5-10(6-15(18)23)13-9-24-8-11-4-12(31-17(11)13)7-16-19(27)25-20(28)32-16/h4-9,26H,1-3H3,(H,25,27,28)/b16-7-. The van der Waals surface area contributed by atoms with Gasteiger partial charge in [-0.2, -0.15) is 0 Å². The minimum atomic E-state index is -3.97. The number of halogens is 2. The van der Waals surface area contributed by atoms with E-state index in [2.05, 4.69) is 15.0 Å². The number of carbonyl (C=O) groups is 2. The average Bonchev–Trinajstić information content (AvgIpc) is 3.20. The van der Waals surface area contributed by atoms with E-state index in [1.165, 1.54) is 24.4 Å². The lowest BCUT2D eigenvalue weighted by molar-refractivity contribution is -0.115. The first-order valence-corrected chi connectivity index (χ1v) is 12.6. The molecule has 0 bridgehead atoms. The quantitative estimate of drug-likeness (QED) is 0.449. The van der Waals surface area contributed by atoms with Gasteiger partial charge in [-0.25, -0.2) is 13.1 Å². The zero-order chi connectivity index (χ0) is 24.1. The van der Waals surface area contributed by atoms with E-state index in [1.807, 2.05) is 0 Å². The molecule has 2 aromatic heterocycles. The molecular weight excluding hydrogens is 509 g/mol. The molecule has 3 heterocycles. The van der Waals surface area contributed by atoms with Crippen molar-refractivity contribution < 1.29 is 22.4 Å². The number of amides is 2. The molecule has 8 nitrogen and oxygen atoms in total. The van der Waals surface area contributed by atoms with Gasteiger partial charge in [0.25, 0.3) is 11.1 Å². The van der Waals surface area contributed by atoms with Gasteiger partial charge in [-0.1, -0.05) is 23.2 Å². The van der Waals surface area contributed by atoms with Gasteiger partial charge in [-0.3, -0.25) is 19.9 Å². The van der Waals surface area contributed by atoms with E-state index in [1.54, 1.807) is 33.0 Å². The summed E-state index contributed by atoms with van der Waals surface area (Å²) >= 11 is 13.5. The molecule has 1 aliphatic heterocycles. The van der Waals surface area contributed by atoms with Crippen LogP contribution in [0.15, 0.2) is 44.8 Å². The maximum atomic E-state index is 12.8. The van der Waals surface area contributed by atoms with Crippen LogP contribution in [0.2, 0.25) is 10.0 Å². The van der Waals surface area contributed by atoms with Crippen LogP contribution in [-0.4, -0.2) is 30.1 Å². The van der Waals surface area contributed by atoms with Crippen LogP contribution in [0.1, 0.15) is 26.5 Å². The van der Waals surface area contributed by atoms with E-state index in [9.17, 15) is 18.0 Å². The van der Waals surface area contributed by atoms with Crippen molar-refractivity contribution in [2.75, 3.05) is 0 Å². The summed E-state index contributed by atoms with van der Waals surface area (Å²) in [6.07, 6.45) is 4.57. The van der Waals surface area contributed by atoms with Crippen molar-refractivity contribution >= 4 is 73.2 Å². The number of nitrogens with one attached hydrogen (secondary N) is 2. The van der Waals surface area contributed by atoms with E-state index in [4.69, 9.17) is 27.6 Å². The molecule has 1 saturated heterocycles. The Balaban J connectivity index is 1.78. The fourth-order valence-corrected chi connectivity index (χ4v) is 6.53. The summed E-state index contributed by atoms with van der Waals surface area (Å²) in [5.74, 6) is -0.152. The second-order valence-electron chi connectivity index (χ2n) is 8.23. The van der Waals surface area contributed by atoms with Gasteiger partial charge >= 0.3 is 0 Å². The smallest absolute Gasteiger partial charge is 0.290 e. The van der Waals surface area contributed by atoms with E-state index >= 15 is 0 Å². The van der Waals surface area contributed by atoms with Crippen molar-refractivity contribution in [3.63, 3.8) is 0 Å². The fourth-order valence-electron chi connectivity index (χ4n) is 3.24. The molecule has 0 saturated carbocycles. The Hall–Kier alpha value is -2.37. The number of rotatable bonds is 4. The molecule has 172 valence electrons. The molecule has 0 unspecified atom stereocenters. The molecule has 0 aliphatic carbocycles. The first-order valence-electron chi connectivity index (χ1n) is 9.50. The van der Waals surface area contributed by atoms with Gasteiger partial charge in [-0.15, -0.1) is 0 Å². The third kappa shape index (κ3) is 4.95. The van der Waals surface area contributed by atoms with Crippen molar-refractivity contribution in [2.24, 2.45) is 0 Å². The molecule has 1 aromatic carbocycles. The molecule has 12 heteroatoms. The van der Waals surface area contributed by atoms with Gasteiger partial charge < -0.3 is 4.42 Å². The topological polar surface area (TPSA) is 118 Å². The Morgan fingerprint density at radius 1 is 1.12 bits per heavy atom. The highest BCUT2D eigenvalue weighted by molar-refractivity contribution is 8.18. The van der Waals surface area contributed by atoms with Crippen molar-refractivity contribution in [1.82, 2.24) is 15.0 Å². The normalized spacial score (nSPS) is 16.1. The predicted octanol–water partition coefficient (Wildman–Crippen LogP) is 5.20. The van der Waals surface area contributed by atoms with Gasteiger partial charge in [0, 0.05) is 35.0 Å². The van der Waals surface area contributed by atoms with Crippen molar-refractivity contribution in [3.05, 3.63) is 51.3 Å². The predicted molar refractivity (Wildman–Crippen MR) is 129 cm³/mol. The van der Waals surface area contributed by atoms with Crippen molar-refractivity contribution in [1.29, 1.82) is 0 Å². The first-order chi connectivity index (χ1) is 15.3. The summed E-state index contributed by atoms with van der Waals surface area (Å²) in [6.45, 7) is 5.13. The van der Waals surface area contributed by atoms with Crippen LogP contribution in [0.4, 0.5) is 4.79 Å². The number of fused-ring (bicyclic) bond motifs is 1. The second kappa shape index (κ2) is 8.44. The molecule has 0 radical (unpaired) electrons. The summed E-state index contributed by atoms with van der Waals surface area (Å²) < 4.78 is 34.0. The highest BCUT2D eigenvalue weighted by Gasteiger charge is 2.28. The number of aromatic nitrogens is 1. The third-order valence-electron chi connectivity index (χ3n) is 4.38. The van der Waals surface area contributed by atoms with Crippen LogP contribution in [0.5, 0.6) is 0 Å². The zero-order valence-electron chi connectivity index (χ0n) is 17.5. The number of furan rings is 1. The summed E-state index contributed by atoms with van der Waals surface area (Å²) in [4.78, 5) is 27.4. The number of imide groups is 1. The molecule has 4 rings (SSSR count). The Morgan fingerprint density at radius 2 is 1.79 bits per heavy atom. The molecule has 0 atom stereocenters. The molecule has 2 amide bonds. The molecule has 0 spiro atoms. The van der Waals surface area contributed by atoms with Gasteiger partial charge in [0.05, 0.1) is 15.0 Å². The largest absolute Gasteiger partial charge is 0.456 e. The zero-order valence-corrected chi connectivity index (χ0v) is 20.7. The van der Waals surface area contributed by atoms with Gasteiger partial charge in [0.2, 0.25) is 10.0 Å². The number of nitrogens with zero attached hydrogens (tertiary/aromatic N) is 1. The highest BCUT2D eigenvalue weighted by Crippen LogP contribution is 2.38. The van der Waals surface area contributed by atoms with Gasteiger partial charge in [-0.05, 0) is 56.3 Å². The SMILES string of the molecule is CC(C)(C)NS(=O)(=O)c1c(Cl)cc(-c2cncc3cc(/C=C4\SC(=O)NC4=O)oc23)cc1Cl. The minimum absolute atomic E-state index is 0.0577. The second-order valence-corrected chi connectivity index (χ2v) is 11.7. The Labute approximate surface area is 203 Å². The third-order valence-corrected chi connectivity index (χ3v) is 7.86. The summed E-state index contributed by atoms with van der Waals surface area (Å²) in [5.41, 5.74) is 0.725. The molecule has 2 N–H and O–H groups in total. The highest BCUT2D eigenvalue weighted by atomic mass is 35.5. The van der Waals surface area contributed by atoms with Crippen LogP contribution in [0.3, 0.4) is 0 Å². The Bertz CT molecular complexity index is 1430. The first kappa shape index (κ1) is 23.8. The maximum absolute atomic E-state index is 12.8. The molecule has 33 heavy (non-hydrogen) atoms. The molecule has 1 fully saturated rings. The van der Waals surface area contributed by atoms with Crippen LogP contribution < -0.4 is 10.0 Å². The maximum Gasteiger partial charge on any atom is 0.290 e. The number of pyridine rings is 1. The van der Waals surface area contributed by atoms with E-state index < -0.39 is 26.7 Å². The number of sulfonamides is 1. The van der Waals surface area contributed by atoms with Crippen molar-refractivity contribution in [3.8, 4) is 11.1 Å². The summed E-state index contributed by atoms with van der Waals surface area (Å²) in [6, 6.07) is 4.62. The number of carbonyl (C=O) groups excluding carboxylic acids is 2. The molecule has 1 aliphatic rings. The van der Waals surface area contributed by atoms with Crippen LogP contribution in [0, 0.1) is 0 Å². The summed E-state index contributed by atoms with van der Waals surface area (Å²) in [7, 11) is -3.97. The van der Waals surface area contributed by atoms with Crippen LogP contribution >= 0.6 is 35.0 Å². The van der Waals surface area contributed by atoms with Crippen molar-refractivity contribution in [2.45, 2.75) is 31.2 Å². The van der Waals surface area contributed by atoms with E-state index in [0.29, 0.717) is 27.9 Å². The number of thioether (sulfide) groups is 1. The monoisotopic (exact) mass is 525 g/mol. The number of hydrogen-bond donors (Lipinski definition) is 2. The number of benzene rings is 1. The van der Waals surface area contributed by atoms with Gasteiger partial charge in [0.15, 0.2) is 0 Å². The van der Waals surface area contributed by atoms with E-state index in [-0.39, 0.29) is 19.8 Å².